The van der Waals surface area contributed by atoms with E-state index in [1.807, 2.05) is 17.5 Å². The third-order valence-electron chi connectivity index (χ3n) is 3.02. The van der Waals surface area contributed by atoms with Crippen molar-refractivity contribution in [2.75, 3.05) is 0 Å². The molecule has 3 rings (SSSR count). The number of fused-ring (bicyclic) bond motifs is 1. The Balaban J connectivity index is 2.02. The minimum Gasteiger partial charge on any atom is -0.455 e. The highest BCUT2D eigenvalue weighted by Crippen LogP contribution is 2.37. The van der Waals surface area contributed by atoms with Crippen LogP contribution in [0.15, 0.2) is 35.8 Å². The second kappa shape index (κ2) is 5.60. The number of pyridine rings is 1. The predicted octanol–water partition coefficient (Wildman–Crippen LogP) is 4.93. The van der Waals surface area contributed by atoms with Gasteiger partial charge in [0.05, 0.1) is 17.3 Å². The van der Waals surface area contributed by atoms with Crippen LogP contribution in [0.5, 0.6) is 11.5 Å². The van der Waals surface area contributed by atoms with Gasteiger partial charge < -0.3 is 9.84 Å². The molecular formula is C15H11ClFNO2S. The van der Waals surface area contributed by atoms with E-state index in [2.05, 4.69) is 4.98 Å². The molecule has 0 aliphatic rings. The van der Waals surface area contributed by atoms with Crippen LogP contribution in [0.3, 0.4) is 0 Å². The van der Waals surface area contributed by atoms with E-state index in [0.717, 1.165) is 10.2 Å². The molecule has 3 aromatic rings. The molecule has 0 bridgehead atoms. The second-order valence-corrected chi connectivity index (χ2v) is 5.81. The minimum absolute atomic E-state index is 0.132. The molecule has 0 saturated carbocycles. The highest BCUT2D eigenvalue weighted by Gasteiger charge is 2.18. The van der Waals surface area contributed by atoms with Gasteiger partial charge in [-0.15, -0.1) is 11.3 Å². The number of aromatic nitrogens is 1. The summed E-state index contributed by atoms with van der Waals surface area (Å²) in [6, 6.07) is 6.43. The molecule has 1 atom stereocenters. The number of hydrogen-bond donors (Lipinski definition) is 1. The number of aliphatic hydroxyl groups excluding tert-OH is 1. The molecule has 1 N–H and O–H groups in total. The molecule has 0 aliphatic heterocycles. The lowest BCUT2D eigenvalue weighted by atomic mass is 10.1. The smallest absolute Gasteiger partial charge is 0.146 e. The van der Waals surface area contributed by atoms with Crippen LogP contribution in [-0.2, 0) is 0 Å². The number of aliphatic hydroxyl groups is 1. The molecule has 1 unspecified atom stereocenters. The summed E-state index contributed by atoms with van der Waals surface area (Å²) >= 11 is 7.45. The lowest BCUT2D eigenvalue weighted by molar-refractivity contribution is 0.195. The van der Waals surface area contributed by atoms with Crippen LogP contribution in [0.2, 0.25) is 5.02 Å². The number of halogens is 2. The van der Waals surface area contributed by atoms with E-state index in [1.54, 1.807) is 6.20 Å². The molecule has 6 heteroatoms. The average Bonchev–Trinajstić information content (AvgIpc) is 2.90. The van der Waals surface area contributed by atoms with Gasteiger partial charge in [0.25, 0.3) is 0 Å². The molecule has 3 nitrogen and oxygen atoms in total. The molecule has 0 saturated heterocycles. The fourth-order valence-electron chi connectivity index (χ4n) is 2.05. The van der Waals surface area contributed by atoms with Crippen molar-refractivity contribution < 1.29 is 14.2 Å². The quantitative estimate of drug-likeness (QED) is 0.742. The Bertz CT molecular complexity index is 803. The largest absolute Gasteiger partial charge is 0.455 e. The van der Waals surface area contributed by atoms with Crippen LogP contribution in [-0.4, -0.2) is 10.1 Å². The van der Waals surface area contributed by atoms with Gasteiger partial charge >= 0.3 is 0 Å². The van der Waals surface area contributed by atoms with Gasteiger partial charge in [-0.2, -0.15) is 0 Å². The van der Waals surface area contributed by atoms with Crippen molar-refractivity contribution in [1.82, 2.24) is 4.98 Å². The minimum atomic E-state index is -0.943. The van der Waals surface area contributed by atoms with E-state index in [1.165, 1.54) is 30.4 Å². The Hall–Kier alpha value is -1.69. The number of hydrogen-bond acceptors (Lipinski definition) is 4. The van der Waals surface area contributed by atoms with Crippen LogP contribution in [0.1, 0.15) is 18.6 Å². The molecule has 1 aromatic carbocycles. The standard InChI is InChI=1S/C15H11ClFNO2S/c1-8(19)13-12(3-2-11(17)14(13)16)20-10-6-9-4-5-21-15(9)18-7-10/h2-8,19H,1H3. The van der Waals surface area contributed by atoms with Gasteiger partial charge in [0.15, 0.2) is 0 Å². The van der Waals surface area contributed by atoms with Crippen LogP contribution in [0, 0.1) is 5.82 Å². The topological polar surface area (TPSA) is 42.4 Å². The highest BCUT2D eigenvalue weighted by molar-refractivity contribution is 7.16. The van der Waals surface area contributed by atoms with Crippen LogP contribution < -0.4 is 4.74 Å². The summed E-state index contributed by atoms with van der Waals surface area (Å²) in [6.07, 6.45) is 0.642. The van der Waals surface area contributed by atoms with Gasteiger partial charge in [0, 0.05) is 10.9 Å². The fraction of sp³-hybridized carbons (Fsp3) is 0.133. The SMILES string of the molecule is CC(O)c1c(Oc2cnc3sccc3c2)ccc(F)c1Cl. The Morgan fingerprint density at radius 2 is 2.19 bits per heavy atom. The summed E-state index contributed by atoms with van der Waals surface area (Å²) in [7, 11) is 0. The van der Waals surface area contributed by atoms with E-state index < -0.39 is 11.9 Å². The van der Waals surface area contributed by atoms with Crippen molar-refractivity contribution in [1.29, 1.82) is 0 Å². The molecule has 2 heterocycles. The van der Waals surface area contributed by atoms with Gasteiger partial charge in [-0.05, 0) is 36.6 Å². The zero-order valence-corrected chi connectivity index (χ0v) is 12.6. The molecule has 21 heavy (non-hydrogen) atoms. The Labute approximate surface area is 129 Å². The average molecular weight is 324 g/mol. The predicted molar refractivity (Wildman–Crippen MR) is 81.7 cm³/mol. The van der Waals surface area contributed by atoms with E-state index in [0.29, 0.717) is 11.5 Å². The molecule has 0 spiro atoms. The summed E-state index contributed by atoms with van der Waals surface area (Å²) < 4.78 is 19.2. The van der Waals surface area contributed by atoms with Crippen molar-refractivity contribution in [3.8, 4) is 11.5 Å². The number of nitrogens with zero attached hydrogens (tertiary/aromatic N) is 1. The lowest BCUT2D eigenvalue weighted by Gasteiger charge is -2.15. The first-order valence-electron chi connectivity index (χ1n) is 6.23. The van der Waals surface area contributed by atoms with Crippen molar-refractivity contribution in [2.24, 2.45) is 0 Å². The first-order valence-corrected chi connectivity index (χ1v) is 7.49. The number of ether oxygens (including phenoxy) is 1. The first kappa shape index (κ1) is 14.3. The van der Waals surface area contributed by atoms with Crippen molar-refractivity contribution >= 4 is 33.2 Å². The summed E-state index contributed by atoms with van der Waals surface area (Å²) in [6.45, 7) is 1.51. The molecule has 2 aromatic heterocycles. The number of thiophene rings is 1. The lowest BCUT2D eigenvalue weighted by Crippen LogP contribution is -1.99. The third-order valence-corrected chi connectivity index (χ3v) is 4.24. The molecular weight excluding hydrogens is 313 g/mol. The third kappa shape index (κ3) is 2.72. The maximum absolute atomic E-state index is 13.5. The van der Waals surface area contributed by atoms with Gasteiger partial charge in [0.1, 0.15) is 22.1 Å². The van der Waals surface area contributed by atoms with Gasteiger partial charge in [0.2, 0.25) is 0 Å². The van der Waals surface area contributed by atoms with Crippen molar-refractivity contribution in [3.05, 3.63) is 52.2 Å². The van der Waals surface area contributed by atoms with E-state index in [9.17, 15) is 9.50 Å². The monoisotopic (exact) mass is 323 g/mol. The van der Waals surface area contributed by atoms with Crippen LogP contribution in [0.25, 0.3) is 10.2 Å². The maximum Gasteiger partial charge on any atom is 0.146 e. The van der Waals surface area contributed by atoms with Gasteiger partial charge in [-0.1, -0.05) is 11.6 Å². The highest BCUT2D eigenvalue weighted by atomic mass is 35.5. The van der Waals surface area contributed by atoms with Crippen molar-refractivity contribution in [3.63, 3.8) is 0 Å². The summed E-state index contributed by atoms with van der Waals surface area (Å²) in [4.78, 5) is 5.19. The molecule has 0 amide bonds. The van der Waals surface area contributed by atoms with E-state index >= 15 is 0 Å². The number of benzene rings is 1. The van der Waals surface area contributed by atoms with Crippen LogP contribution >= 0.6 is 22.9 Å². The first-order chi connectivity index (χ1) is 10.1. The van der Waals surface area contributed by atoms with Crippen molar-refractivity contribution in [2.45, 2.75) is 13.0 Å². The molecule has 0 aliphatic carbocycles. The normalized spacial score (nSPS) is 12.6. The second-order valence-electron chi connectivity index (χ2n) is 4.54. The number of rotatable bonds is 3. The zero-order valence-electron chi connectivity index (χ0n) is 11.0. The summed E-state index contributed by atoms with van der Waals surface area (Å²) in [5.41, 5.74) is 0.224. The van der Waals surface area contributed by atoms with E-state index in [-0.39, 0.29) is 10.6 Å². The maximum atomic E-state index is 13.5. The fourth-order valence-corrected chi connectivity index (χ4v) is 3.08. The summed E-state index contributed by atoms with van der Waals surface area (Å²) in [5, 5.41) is 12.6. The Kier molecular flexibility index (Phi) is 3.80. The van der Waals surface area contributed by atoms with Crippen LogP contribution in [0.4, 0.5) is 4.39 Å². The summed E-state index contributed by atoms with van der Waals surface area (Å²) in [5.74, 6) is 0.226. The van der Waals surface area contributed by atoms with Gasteiger partial charge in [-0.3, -0.25) is 0 Å². The molecule has 108 valence electrons. The molecule has 0 fully saturated rings. The Morgan fingerprint density at radius 3 is 2.95 bits per heavy atom. The zero-order chi connectivity index (χ0) is 15.0. The molecule has 0 radical (unpaired) electrons. The Morgan fingerprint density at radius 1 is 1.38 bits per heavy atom. The van der Waals surface area contributed by atoms with E-state index in [4.69, 9.17) is 16.3 Å². The van der Waals surface area contributed by atoms with Gasteiger partial charge in [-0.25, -0.2) is 9.37 Å².